The van der Waals surface area contributed by atoms with Crippen LogP contribution in [0, 0.1) is 13.8 Å². The van der Waals surface area contributed by atoms with Gasteiger partial charge in [-0.25, -0.2) is 4.98 Å². The average molecular weight is 336 g/mol. The Bertz CT molecular complexity index is 973. The molecular weight excluding hydrogens is 316 g/mol. The molecule has 1 amide bonds. The monoisotopic (exact) mass is 336 g/mol. The predicted octanol–water partition coefficient (Wildman–Crippen LogP) is 3.25. The minimum Gasteiger partial charge on any atom is -0.496 e. The summed E-state index contributed by atoms with van der Waals surface area (Å²) in [6.07, 6.45) is 4.85. The predicted molar refractivity (Wildman–Crippen MR) is 98.6 cm³/mol. The highest BCUT2D eigenvalue weighted by atomic mass is 16.5. The normalized spacial score (nSPS) is 11.2. The molecule has 0 unspecified atom stereocenters. The number of nitrogens with zero attached hydrogens (tertiary/aromatic N) is 3. The zero-order valence-electron chi connectivity index (χ0n) is 14.7. The fourth-order valence-electron chi connectivity index (χ4n) is 2.71. The molecule has 2 heterocycles. The number of nitrogens with one attached hydrogen (secondary N) is 1. The summed E-state index contributed by atoms with van der Waals surface area (Å²) in [6, 6.07) is 7.70. The number of aromatic nitrogens is 3. The maximum absolute atomic E-state index is 12.2. The molecule has 3 aromatic rings. The van der Waals surface area contributed by atoms with Crippen LogP contribution >= 0.6 is 0 Å². The molecule has 6 nitrogen and oxygen atoms in total. The van der Waals surface area contributed by atoms with Crippen LogP contribution in [0.15, 0.2) is 36.5 Å². The molecule has 1 aromatic carbocycles. The van der Waals surface area contributed by atoms with Crippen molar-refractivity contribution in [1.29, 1.82) is 0 Å². The lowest BCUT2D eigenvalue weighted by molar-refractivity contribution is -0.111. The van der Waals surface area contributed by atoms with Gasteiger partial charge in [0.15, 0.2) is 5.65 Å². The summed E-state index contributed by atoms with van der Waals surface area (Å²) in [7, 11) is 3.46. The minimum absolute atomic E-state index is 0.230. The van der Waals surface area contributed by atoms with Gasteiger partial charge in [0.2, 0.25) is 5.91 Å². The summed E-state index contributed by atoms with van der Waals surface area (Å²) in [5.41, 5.74) is 4.25. The number of carbonyl (C=O) groups excluding carboxylic acids is 1. The van der Waals surface area contributed by atoms with E-state index in [9.17, 15) is 4.79 Å². The van der Waals surface area contributed by atoms with Crippen LogP contribution in [0.1, 0.15) is 16.8 Å². The SMILES string of the molecule is COc1ccc(C)cc1/C=C/C(=O)Nc1cnc2c(c1)c(C)nn2C. The summed E-state index contributed by atoms with van der Waals surface area (Å²) >= 11 is 0. The molecule has 128 valence electrons. The van der Waals surface area contributed by atoms with E-state index in [-0.39, 0.29) is 5.91 Å². The molecule has 0 spiro atoms. The van der Waals surface area contributed by atoms with E-state index in [0.717, 1.165) is 33.6 Å². The Balaban J connectivity index is 1.79. The number of hydrogen-bond acceptors (Lipinski definition) is 4. The highest BCUT2D eigenvalue weighted by Gasteiger charge is 2.08. The van der Waals surface area contributed by atoms with E-state index in [1.54, 1.807) is 24.1 Å². The Morgan fingerprint density at radius 1 is 1.28 bits per heavy atom. The number of methoxy groups -OCH3 is 1. The van der Waals surface area contributed by atoms with Crippen LogP contribution in [-0.2, 0) is 11.8 Å². The summed E-state index contributed by atoms with van der Waals surface area (Å²) in [5.74, 6) is 0.495. The van der Waals surface area contributed by atoms with Gasteiger partial charge in [0, 0.05) is 24.1 Å². The first-order valence-corrected chi connectivity index (χ1v) is 7.91. The van der Waals surface area contributed by atoms with Crippen molar-refractivity contribution in [1.82, 2.24) is 14.8 Å². The van der Waals surface area contributed by atoms with E-state index in [4.69, 9.17) is 4.74 Å². The van der Waals surface area contributed by atoms with Crippen LogP contribution in [0.3, 0.4) is 0 Å². The van der Waals surface area contributed by atoms with E-state index in [2.05, 4.69) is 15.4 Å². The largest absolute Gasteiger partial charge is 0.496 e. The van der Waals surface area contributed by atoms with E-state index in [1.165, 1.54) is 6.08 Å². The smallest absolute Gasteiger partial charge is 0.248 e. The molecule has 3 rings (SSSR count). The Labute approximate surface area is 146 Å². The van der Waals surface area contributed by atoms with E-state index < -0.39 is 0 Å². The van der Waals surface area contributed by atoms with Crippen molar-refractivity contribution in [3.63, 3.8) is 0 Å². The topological polar surface area (TPSA) is 69.0 Å². The summed E-state index contributed by atoms with van der Waals surface area (Å²) in [5, 5.41) is 8.08. The molecule has 25 heavy (non-hydrogen) atoms. The Kier molecular flexibility index (Phi) is 4.52. The highest BCUT2D eigenvalue weighted by molar-refractivity contribution is 6.02. The van der Waals surface area contributed by atoms with Crippen LogP contribution in [0.4, 0.5) is 5.69 Å². The number of carbonyl (C=O) groups is 1. The first-order chi connectivity index (χ1) is 12.0. The third kappa shape index (κ3) is 3.52. The number of rotatable bonds is 4. The number of anilines is 1. The highest BCUT2D eigenvalue weighted by Crippen LogP contribution is 2.22. The molecule has 0 saturated heterocycles. The number of fused-ring (bicyclic) bond motifs is 1. The zero-order chi connectivity index (χ0) is 18.0. The van der Waals surface area contributed by atoms with Crippen molar-refractivity contribution < 1.29 is 9.53 Å². The van der Waals surface area contributed by atoms with Crippen LogP contribution in [0.25, 0.3) is 17.1 Å². The van der Waals surface area contributed by atoms with Gasteiger partial charge in [-0.05, 0) is 38.1 Å². The molecule has 6 heteroatoms. The quantitative estimate of drug-likeness (QED) is 0.743. The molecule has 0 aliphatic heterocycles. The van der Waals surface area contributed by atoms with Gasteiger partial charge in [-0.2, -0.15) is 5.10 Å². The maximum atomic E-state index is 12.2. The fourth-order valence-corrected chi connectivity index (χ4v) is 2.71. The lowest BCUT2D eigenvalue weighted by Gasteiger charge is -2.06. The molecule has 1 N–H and O–H groups in total. The van der Waals surface area contributed by atoms with Gasteiger partial charge in [0.25, 0.3) is 0 Å². The average Bonchev–Trinajstić information content (AvgIpc) is 2.87. The second-order valence-corrected chi connectivity index (χ2v) is 5.87. The number of hydrogen-bond donors (Lipinski definition) is 1. The molecule has 0 fully saturated rings. The van der Waals surface area contributed by atoms with Crippen molar-refractivity contribution in [2.75, 3.05) is 12.4 Å². The molecular formula is C19H20N4O2. The lowest BCUT2D eigenvalue weighted by Crippen LogP contribution is -2.08. The molecule has 0 aliphatic rings. The van der Waals surface area contributed by atoms with Crippen LogP contribution in [0.5, 0.6) is 5.75 Å². The second-order valence-electron chi connectivity index (χ2n) is 5.87. The number of amides is 1. The molecule has 0 aliphatic carbocycles. The lowest BCUT2D eigenvalue weighted by atomic mass is 10.1. The van der Waals surface area contributed by atoms with Crippen molar-refractivity contribution in [2.45, 2.75) is 13.8 Å². The summed E-state index contributed by atoms with van der Waals surface area (Å²) in [6.45, 7) is 3.91. The van der Waals surface area contributed by atoms with Crippen molar-refractivity contribution in [3.8, 4) is 5.75 Å². The number of aryl methyl sites for hydroxylation is 3. The Morgan fingerprint density at radius 2 is 2.08 bits per heavy atom. The Morgan fingerprint density at radius 3 is 2.84 bits per heavy atom. The third-order valence-electron chi connectivity index (χ3n) is 3.93. The standard InChI is InChI=1S/C19H20N4O2/c1-12-5-7-17(25-4)14(9-12)6-8-18(24)21-15-10-16-13(2)22-23(3)19(16)20-11-15/h5-11H,1-4H3,(H,21,24)/b8-6+. The van der Waals surface area contributed by atoms with Gasteiger partial charge in [0.05, 0.1) is 24.7 Å². The van der Waals surface area contributed by atoms with Crippen molar-refractivity contribution in [3.05, 3.63) is 53.4 Å². The summed E-state index contributed by atoms with van der Waals surface area (Å²) < 4.78 is 7.03. The zero-order valence-corrected chi connectivity index (χ0v) is 14.7. The van der Waals surface area contributed by atoms with Gasteiger partial charge in [-0.3, -0.25) is 9.48 Å². The second kappa shape index (κ2) is 6.76. The fraction of sp³-hybridized carbons (Fsp3) is 0.211. The molecule has 0 radical (unpaired) electrons. The maximum Gasteiger partial charge on any atom is 0.248 e. The molecule has 0 atom stereocenters. The molecule has 2 aromatic heterocycles. The minimum atomic E-state index is -0.230. The number of benzene rings is 1. The number of pyridine rings is 1. The van der Waals surface area contributed by atoms with E-state index >= 15 is 0 Å². The van der Waals surface area contributed by atoms with Gasteiger partial charge >= 0.3 is 0 Å². The van der Waals surface area contributed by atoms with E-state index in [0.29, 0.717) is 5.69 Å². The molecule has 0 saturated carbocycles. The van der Waals surface area contributed by atoms with Gasteiger partial charge in [-0.1, -0.05) is 11.6 Å². The van der Waals surface area contributed by atoms with E-state index in [1.807, 2.05) is 45.2 Å². The summed E-state index contributed by atoms with van der Waals surface area (Å²) in [4.78, 5) is 16.6. The Hall–Kier alpha value is -3.15. The van der Waals surface area contributed by atoms with Crippen LogP contribution in [0.2, 0.25) is 0 Å². The van der Waals surface area contributed by atoms with Crippen LogP contribution in [-0.4, -0.2) is 27.8 Å². The van der Waals surface area contributed by atoms with Gasteiger partial charge in [-0.15, -0.1) is 0 Å². The van der Waals surface area contributed by atoms with Gasteiger partial charge < -0.3 is 10.1 Å². The van der Waals surface area contributed by atoms with Crippen molar-refractivity contribution >= 4 is 28.7 Å². The first-order valence-electron chi connectivity index (χ1n) is 7.91. The van der Waals surface area contributed by atoms with Crippen LogP contribution < -0.4 is 10.1 Å². The van der Waals surface area contributed by atoms with Gasteiger partial charge in [0.1, 0.15) is 5.75 Å². The first kappa shape index (κ1) is 16.7. The number of ether oxygens (including phenoxy) is 1. The van der Waals surface area contributed by atoms with Crippen molar-refractivity contribution in [2.24, 2.45) is 7.05 Å². The third-order valence-corrected chi connectivity index (χ3v) is 3.93. The molecule has 0 bridgehead atoms.